The molecule has 0 radical (unpaired) electrons. The van der Waals surface area contributed by atoms with Crippen molar-refractivity contribution < 1.29 is 0 Å². The molecule has 0 atom stereocenters. The lowest BCUT2D eigenvalue weighted by molar-refractivity contribution is 0.561. The molecule has 0 aromatic heterocycles. The van der Waals surface area contributed by atoms with Crippen LogP contribution < -0.4 is 5.73 Å². The molecule has 0 aliphatic heterocycles. The van der Waals surface area contributed by atoms with Gasteiger partial charge in [-0.25, -0.2) is 0 Å². The lowest BCUT2D eigenvalue weighted by Gasteiger charge is -1.98. The Balaban J connectivity index is 0. The number of hydrogen-bond acceptors (Lipinski definition) is 1. The van der Waals surface area contributed by atoms with Gasteiger partial charge in [0.25, 0.3) is 0 Å². The van der Waals surface area contributed by atoms with Gasteiger partial charge in [0.2, 0.25) is 0 Å². The summed E-state index contributed by atoms with van der Waals surface area (Å²) in [7, 11) is 0. The highest BCUT2D eigenvalue weighted by Crippen LogP contribution is 2.00. The third kappa shape index (κ3) is 9.67. The molecule has 0 aliphatic carbocycles. The Morgan fingerprint density at radius 3 is 2.00 bits per heavy atom. The molecule has 0 unspecified atom stereocenters. The van der Waals surface area contributed by atoms with Crippen molar-refractivity contribution in [2.75, 3.05) is 6.54 Å². The average Bonchev–Trinajstić information content (AvgIpc) is 1.61. The second-order valence-electron chi connectivity index (χ2n) is 2.32. The largest absolute Gasteiger partial charge is 0.330 e. The topological polar surface area (TPSA) is 26.0 Å². The van der Waals surface area contributed by atoms with Gasteiger partial charge in [0, 0.05) is 0 Å². The van der Waals surface area contributed by atoms with Crippen molar-refractivity contribution in [2.45, 2.75) is 26.7 Å². The molecule has 0 rings (SSSR count). The van der Waals surface area contributed by atoms with Crippen LogP contribution in [0.15, 0.2) is 0 Å². The second-order valence-corrected chi connectivity index (χ2v) is 2.32. The van der Waals surface area contributed by atoms with Crippen molar-refractivity contribution in [3.8, 4) is 0 Å². The van der Waals surface area contributed by atoms with E-state index in [1.807, 2.05) is 0 Å². The van der Waals surface area contributed by atoms with Gasteiger partial charge in [-0.05, 0) is 25.3 Å². The molecule has 0 bridgehead atoms. The molecule has 2 N–H and O–H groups in total. The summed E-state index contributed by atoms with van der Waals surface area (Å²) in [5.74, 6) is 0.823. The zero-order chi connectivity index (χ0) is 5.70. The summed E-state index contributed by atoms with van der Waals surface area (Å²) in [4.78, 5) is 0. The van der Waals surface area contributed by atoms with E-state index in [0.29, 0.717) is 0 Å². The van der Waals surface area contributed by atoms with Crippen LogP contribution in [0.4, 0.5) is 0 Å². The van der Waals surface area contributed by atoms with E-state index in [1.54, 1.807) is 0 Å². The molecule has 0 saturated carbocycles. The normalized spacial score (nSPS) is 9.00. The third-order valence-electron chi connectivity index (χ3n) is 0.986. The molecule has 0 saturated heterocycles. The van der Waals surface area contributed by atoms with Crippen molar-refractivity contribution in [1.82, 2.24) is 0 Å². The zero-order valence-corrected chi connectivity index (χ0v) is 7.40. The number of hydrogen-bond donors (Lipinski definition) is 1. The molecule has 0 aromatic rings. The highest BCUT2D eigenvalue weighted by molar-refractivity contribution is 8.93. The molecule has 8 heavy (non-hydrogen) atoms. The standard InChI is InChI=1S/C6H15N.BrH/c1-6(2)4-3-5-7;/h6H,3-5,7H2,1-2H3;1H. The quantitative estimate of drug-likeness (QED) is 0.709. The summed E-state index contributed by atoms with van der Waals surface area (Å²) in [6.07, 6.45) is 2.45. The average molecular weight is 182 g/mol. The Kier molecular flexibility index (Phi) is 10.5. The first-order valence-electron chi connectivity index (χ1n) is 2.97. The Bertz CT molecular complexity index is 37.5. The summed E-state index contributed by atoms with van der Waals surface area (Å²) < 4.78 is 0. The predicted octanol–water partition coefficient (Wildman–Crippen LogP) is 1.96. The fraction of sp³-hybridized carbons (Fsp3) is 1.00. The van der Waals surface area contributed by atoms with Gasteiger partial charge in [-0.2, -0.15) is 0 Å². The zero-order valence-electron chi connectivity index (χ0n) is 5.68. The van der Waals surface area contributed by atoms with Gasteiger partial charge in [0.1, 0.15) is 0 Å². The van der Waals surface area contributed by atoms with Crippen LogP contribution in [0.5, 0.6) is 0 Å². The molecule has 52 valence electrons. The van der Waals surface area contributed by atoms with Gasteiger partial charge < -0.3 is 5.73 Å². The van der Waals surface area contributed by atoms with Crippen LogP contribution in [0, 0.1) is 5.92 Å². The smallest absolute Gasteiger partial charge is 0.00772 e. The van der Waals surface area contributed by atoms with Gasteiger partial charge in [-0.15, -0.1) is 17.0 Å². The van der Waals surface area contributed by atoms with E-state index in [4.69, 9.17) is 5.73 Å². The molecule has 0 spiro atoms. The Morgan fingerprint density at radius 1 is 1.38 bits per heavy atom. The predicted molar refractivity (Wildman–Crippen MR) is 43.4 cm³/mol. The maximum Gasteiger partial charge on any atom is -0.00772 e. The van der Waals surface area contributed by atoms with Crippen molar-refractivity contribution in [3.05, 3.63) is 0 Å². The highest BCUT2D eigenvalue weighted by atomic mass is 79.9. The van der Waals surface area contributed by atoms with Gasteiger partial charge >= 0.3 is 0 Å². The first-order chi connectivity index (χ1) is 3.27. The fourth-order valence-electron chi connectivity index (χ4n) is 0.526. The fourth-order valence-corrected chi connectivity index (χ4v) is 0.526. The van der Waals surface area contributed by atoms with Crippen molar-refractivity contribution >= 4 is 17.0 Å². The molecule has 0 aliphatic rings. The maximum absolute atomic E-state index is 5.28. The molecule has 0 aromatic carbocycles. The summed E-state index contributed by atoms with van der Waals surface area (Å²) in [6, 6.07) is 0. The number of halogens is 1. The van der Waals surface area contributed by atoms with E-state index >= 15 is 0 Å². The van der Waals surface area contributed by atoms with Crippen molar-refractivity contribution in [1.29, 1.82) is 0 Å². The Labute approximate surface area is 62.4 Å². The molecule has 0 fully saturated rings. The Morgan fingerprint density at radius 2 is 1.88 bits per heavy atom. The first kappa shape index (κ1) is 11.3. The second kappa shape index (κ2) is 7.44. The van der Waals surface area contributed by atoms with Gasteiger partial charge in [0.05, 0.1) is 0 Å². The van der Waals surface area contributed by atoms with Crippen LogP contribution >= 0.6 is 17.0 Å². The van der Waals surface area contributed by atoms with Crippen LogP contribution in [0.1, 0.15) is 26.7 Å². The Hall–Kier alpha value is 0.440. The van der Waals surface area contributed by atoms with Gasteiger partial charge in [-0.3, -0.25) is 0 Å². The van der Waals surface area contributed by atoms with E-state index in [-0.39, 0.29) is 17.0 Å². The maximum atomic E-state index is 5.28. The molecular formula is C6H16BrN. The van der Waals surface area contributed by atoms with Gasteiger partial charge in [-0.1, -0.05) is 13.8 Å². The highest BCUT2D eigenvalue weighted by Gasteiger charge is 1.88. The van der Waals surface area contributed by atoms with E-state index in [0.717, 1.165) is 12.5 Å². The molecule has 0 heterocycles. The summed E-state index contributed by atoms with van der Waals surface area (Å²) >= 11 is 0. The lowest BCUT2D eigenvalue weighted by atomic mass is 10.1. The number of rotatable bonds is 3. The monoisotopic (exact) mass is 181 g/mol. The van der Waals surface area contributed by atoms with E-state index in [9.17, 15) is 0 Å². The van der Waals surface area contributed by atoms with Crippen molar-refractivity contribution in [3.63, 3.8) is 0 Å². The van der Waals surface area contributed by atoms with Crippen molar-refractivity contribution in [2.24, 2.45) is 11.7 Å². The summed E-state index contributed by atoms with van der Waals surface area (Å²) in [5.41, 5.74) is 5.28. The molecule has 0 amide bonds. The van der Waals surface area contributed by atoms with Crippen LogP contribution in [-0.4, -0.2) is 6.54 Å². The van der Waals surface area contributed by atoms with Crippen LogP contribution in [0.25, 0.3) is 0 Å². The van der Waals surface area contributed by atoms with Crippen LogP contribution in [0.2, 0.25) is 0 Å². The number of nitrogens with two attached hydrogens (primary N) is 1. The SMILES string of the molecule is Br.CC(C)CCCN. The first-order valence-corrected chi connectivity index (χ1v) is 2.97. The summed E-state index contributed by atoms with van der Waals surface area (Å²) in [6.45, 7) is 5.28. The minimum atomic E-state index is 0. The van der Waals surface area contributed by atoms with E-state index < -0.39 is 0 Å². The molecular weight excluding hydrogens is 166 g/mol. The van der Waals surface area contributed by atoms with Crippen LogP contribution in [-0.2, 0) is 0 Å². The third-order valence-corrected chi connectivity index (χ3v) is 0.986. The molecule has 2 heteroatoms. The van der Waals surface area contributed by atoms with E-state index in [2.05, 4.69) is 13.8 Å². The lowest BCUT2D eigenvalue weighted by Crippen LogP contribution is -1.99. The van der Waals surface area contributed by atoms with Crippen LogP contribution in [0.3, 0.4) is 0 Å². The summed E-state index contributed by atoms with van der Waals surface area (Å²) in [5, 5.41) is 0. The van der Waals surface area contributed by atoms with Gasteiger partial charge in [0.15, 0.2) is 0 Å². The molecule has 1 nitrogen and oxygen atoms in total. The van der Waals surface area contributed by atoms with E-state index in [1.165, 1.54) is 12.8 Å². The minimum Gasteiger partial charge on any atom is -0.330 e. The minimum absolute atomic E-state index is 0.